The second kappa shape index (κ2) is 6.74. The Balaban J connectivity index is 4.50. The highest BCUT2D eigenvalue weighted by Gasteiger charge is 2.34. The first-order chi connectivity index (χ1) is 7.32. The van der Waals surface area contributed by atoms with E-state index >= 15 is 0 Å². The van der Waals surface area contributed by atoms with Crippen molar-refractivity contribution in [3.8, 4) is 0 Å². The normalized spacial score (nSPS) is 13.5. The van der Waals surface area contributed by atoms with Crippen molar-refractivity contribution in [1.29, 1.82) is 0 Å². The molecule has 0 saturated heterocycles. The summed E-state index contributed by atoms with van der Waals surface area (Å²) < 4.78 is 37.0. The highest BCUT2D eigenvalue weighted by Crippen LogP contribution is 2.30. The van der Waals surface area contributed by atoms with E-state index in [2.05, 4.69) is 12.6 Å². The van der Waals surface area contributed by atoms with Crippen molar-refractivity contribution < 1.29 is 13.2 Å². The molecule has 5 heteroatoms. The quantitative estimate of drug-likeness (QED) is 0.682. The first-order valence-corrected chi connectivity index (χ1v) is 6.35. The van der Waals surface area contributed by atoms with Gasteiger partial charge in [-0.25, -0.2) is 0 Å². The van der Waals surface area contributed by atoms with Crippen molar-refractivity contribution in [2.24, 2.45) is 5.41 Å². The first kappa shape index (κ1) is 16.1. The lowest BCUT2D eigenvalue weighted by molar-refractivity contribution is -0.148. The fourth-order valence-corrected chi connectivity index (χ4v) is 2.30. The minimum Gasteiger partial charge on any atom is -0.295 e. The van der Waals surface area contributed by atoms with Crippen LogP contribution in [0.15, 0.2) is 0 Å². The molecule has 1 nitrogen and oxygen atoms in total. The van der Waals surface area contributed by atoms with Crippen molar-refractivity contribution in [1.82, 2.24) is 4.90 Å². The molecule has 0 fully saturated rings. The van der Waals surface area contributed by atoms with Gasteiger partial charge in [0.05, 0.1) is 6.54 Å². The average Bonchev–Trinajstić information content (AvgIpc) is 2.23. The van der Waals surface area contributed by atoms with E-state index in [1.54, 1.807) is 6.92 Å². The van der Waals surface area contributed by atoms with Crippen molar-refractivity contribution >= 4 is 12.6 Å². The molecule has 0 bridgehead atoms. The Morgan fingerprint density at radius 3 is 1.75 bits per heavy atom. The Labute approximate surface area is 102 Å². The molecule has 0 aromatic carbocycles. The summed E-state index contributed by atoms with van der Waals surface area (Å²) in [5.41, 5.74) is -0.0929. The van der Waals surface area contributed by atoms with Crippen molar-refractivity contribution in [2.75, 3.05) is 25.4 Å². The number of alkyl halides is 3. The van der Waals surface area contributed by atoms with Crippen LogP contribution in [0.4, 0.5) is 13.2 Å². The molecule has 0 amide bonds. The Bertz CT molecular complexity index is 182. The topological polar surface area (TPSA) is 3.24 Å². The Morgan fingerprint density at radius 2 is 1.50 bits per heavy atom. The molecule has 0 aliphatic rings. The fourth-order valence-electron chi connectivity index (χ4n) is 1.75. The Morgan fingerprint density at radius 1 is 1.00 bits per heavy atom. The molecule has 98 valence electrons. The summed E-state index contributed by atoms with van der Waals surface area (Å²) in [6.07, 6.45) is -2.39. The van der Waals surface area contributed by atoms with Crippen LogP contribution in [0.2, 0.25) is 0 Å². The fraction of sp³-hybridized carbons (Fsp3) is 1.00. The van der Waals surface area contributed by atoms with Gasteiger partial charge in [-0.15, -0.1) is 0 Å². The second-order valence-corrected chi connectivity index (χ2v) is 4.60. The maximum absolute atomic E-state index is 12.3. The summed E-state index contributed by atoms with van der Waals surface area (Å²) in [7, 11) is 0. The minimum absolute atomic E-state index is 0.0929. The Kier molecular flexibility index (Phi) is 6.79. The lowest BCUT2D eigenvalue weighted by Crippen LogP contribution is -2.42. The summed E-state index contributed by atoms with van der Waals surface area (Å²) in [5.74, 6) is 0.633. The monoisotopic (exact) mass is 257 g/mol. The van der Waals surface area contributed by atoms with Crippen LogP contribution >= 0.6 is 12.6 Å². The largest absolute Gasteiger partial charge is 0.401 e. The first-order valence-electron chi connectivity index (χ1n) is 5.72. The van der Waals surface area contributed by atoms with Gasteiger partial charge in [-0.3, -0.25) is 4.90 Å². The zero-order valence-electron chi connectivity index (χ0n) is 10.3. The lowest BCUT2D eigenvalue weighted by Gasteiger charge is -2.36. The SMILES string of the molecule is CCN(CC(F)(F)F)CC(CC)(CC)CS. The van der Waals surface area contributed by atoms with Crippen molar-refractivity contribution in [3.63, 3.8) is 0 Å². The van der Waals surface area contributed by atoms with Crippen LogP contribution in [-0.2, 0) is 0 Å². The molecule has 0 atom stereocenters. The Hall–Kier alpha value is 0.100. The molecule has 16 heavy (non-hydrogen) atoms. The van der Waals surface area contributed by atoms with Crippen LogP contribution in [0.25, 0.3) is 0 Å². The number of thiol groups is 1. The van der Waals surface area contributed by atoms with Crippen LogP contribution < -0.4 is 0 Å². The predicted octanol–water partition coefficient (Wildman–Crippen LogP) is 3.61. The minimum atomic E-state index is -4.11. The summed E-state index contributed by atoms with van der Waals surface area (Å²) >= 11 is 4.28. The molecule has 0 N–H and O–H groups in total. The maximum Gasteiger partial charge on any atom is 0.401 e. The van der Waals surface area contributed by atoms with E-state index < -0.39 is 12.7 Å². The molecular formula is C11H22F3NS. The average molecular weight is 257 g/mol. The van der Waals surface area contributed by atoms with Crippen LogP contribution in [0.1, 0.15) is 33.6 Å². The second-order valence-electron chi connectivity index (χ2n) is 4.28. The number of hydrogen-bond donors (Lipinski definition) is 1. The van der Waals surface area contributed by atoms with Crippen LogP contribution in [-0.4, -0.2) is 36.5 Å². The molecule has 0 aromatic rings. The van der Waals surface area contributed by atoms with Gasteiger partial charge in [0.1, 0.15) is 0 Å². The van der Waals surface area contributed by atoms with E-state index in [1.165, 1.54) is 4.90 Å². The lowest BCUT2D eigenvalue weighted by atomic mass is 9.84. The summed E-state index contributed by atoms with van der Waals surface area (Å²) in [6, 6.07) is 0. The zero-order chi connectivity index (χ0) is 12.8. The highest BCUT2D eigenvalue weighted by atomic mass is 32.1. The summed E-state index contributed by atoms with van der Waals surface area (Å²) in [5, 5.41) is 0. The van der Waals surface area contributed by atoms with E-state index in [0.717, 1.165) is 12.8 Å². The van der Waals surface area contributed by atoms with Crippen molar-refractivity contribution in [3.05, 3.63) is 0 Å². The highest BCUT2D eigenvalue weighted by molar-refractivity contribution is 7.80. The number of halogens is 3. The van der Waals surface area contributed by atoms with E-state index in [9.17, 15) is 13.2 Å². The number of nitrogens with zero attached hydrogens (tertiary/aromatic N) is 1. The van der Waals surface area contributed by atoms with Crippen LogP contribution in [0.5, 0.6) is 0 Å². The number of hydrogen-bond acceptors (Lipinski definition) is 2. The van der Waals surface area contributed by atoms with Gasteiger partial charge < -0.3 is 0 Å². The van der Waals surface area contributed by atoms with E-state index in [0.29, 0.717) is 18.8 Å². The molecular weight excluding hydrogens is 235 g/mol. The van der Waals surface area contributed by atoms with Crippen LogP contribution in [0.3, 0.4) is 0 Å². The van der Waals surface area contributed by atoms with Gasteiger partial charge in [0.25, 0.3) is 0 Å². The molecule has 0 spiro atoms. The molecule has 0 aliphatic heterocycles. The predicted molar refractivity (Wildman–Crippen MR) is 65.0 cm³/mol. The summed E-state index contributed by atoms with van der Waals surface area (Å²) in [6.45, 7) is 5.87. The molecule has 0 aromatic heterocycles. The third-order valence-electron chi connectivity index (χ3n) is 3.24. The zero-order valence-corrected chi connectivity index (χ0v) is 11.2. The van der Waals surface area contributed by atoms with Gasteiger partial charge in [0.15, 0.2) is 0 Å². The maximum atomic E-state index is 12.3. The van der Waals surface area contributed by atoms with E-state index in [1.807, 2.05) is 13.8 Å². The van der Waals surface area contributed by atoms with Crippen LogP contribution in [0, 0.1) is 5.41 Å². The summed E-state index contributed by atoms with van der Waals surface area (Å²) in [4.78, 5) is 1.46. The molecule has 0 radical (unpaired) electrons. The molecule has 0 saturated carbocycles. The van der Waals surface area contributed by atoms with E-state index in [-0.39, 0.29) is 5.41 Å². The molecule has 0 aliphatic carbocycles. The van der Waals surface area contributed by atoms with Gasteiger partial charge in [0, 0.05) is 6.54 Å². The van der Waals surface area contributed by atoms with Gasteiger partial charge >= 0.3 is 6.18 Å². The van der Waals surface area contributed by atoms with Crippen molar-refractivity contribution in [2.45, 2.75) is 39.8 Å². The third kappa shape index (κ3) is 5.43. The molecule has 0 rings (SSSR count). The van der Waals surface area contributed by atoms with Gasteiger partial charge in [-0.05, 0) is 30.6 Å². The molecule has 0 unspecified atom stereocenters. The third-order valence-corrected chi connectivity index (χ3v) is 3.92. The standard InChI is InChI=1S/C11H22F3NS/c1-4-10(5-2,9-16)7-15(6-3)8-11(12,13)14/h16H,4-9H2,1-3H3. The van der Waals surface area contributed by atoms with Gasteiger partial charge in [-0.2, -0.15) is 25.8 Å². The smallest absolute Gasteiger partial charge is 0.295 e. The molecule has 0 heterocycles. The van der Waals surface area contributed by atoms with E-state index in [4.69, 9.17) is 0 Å². The van der Waals surface area contributed by atoms with Gasteiger partial charge in [0.2, 0.25) is 0 Å². The van der Waals surface area contributed by atoms with Gasteiger partial charge in [-0.1, -0.05) is 20.8 Å². The number of rotatable bonds is 7.